The summed E-state index contributed by atoms with van der Waals surface area (Å²) in [6.07, 6.45) is 0.928. The molecule has 4 N–H and O–H groups in total. The maximum atomic E-state index is 12.8. The van der Waals surface area contributed by atoms with Crippen molar-refractivity contribution in [3.8, 4) is 17.3 Å². The summed E-state index contributed by atoms with van der Waals surface area (Å²) in [5.74, 6) is 0.390. The third-order valence-electron chi connectivity index (χ3n) is 4.96. The van der Waals surface area contributed by atoms with Crippen LogP contribution in [0.2, 0.25) is 0 Å². The average molecular weight is 382 g/mol. The van der Waals surface area contributed by atoms with Crippen molar-refractivity contribution in [1.29, 1.82) is 0 Å². The van der Waals surface area contributed by atoms with Crippen molar-refractivity contribution in [2.24, 2.45) is 0 Å². The molecule has 27 heavy (non-hydrogen) atoms. The molecule has 0 fully saturated rings. The molecule has 0 aliphatic carbocycles. The van der Waals surface area contributed by atoms with E-state index in [2.05, 4.69) is 16.4 Å². The lowest BCUT2D eigenvalue weighted by atomic mass is 9.90. The van der Waals surface area contributed by atoms with Crippen LogP contribution in [-0.4, -0.2) is 28.3 Å². The Morgan fingerprint density at radius 2 is 1.96 bits per heavy atom. The van der Waals surface area contributed by atoms with Crippen LogP contribution in [0.15, 0.2) is 53.3 Å². The third-order valence-corrected chi connectivity index (χ3v) is 5.25. The van der Waals surface area contributed by atoms with Crippen LogP contribution in [0.5, 0.6) is 11.6 Å². The summed E-state index contributed by atoms with van der Waals surface area (Å²) < 4.78 is 6.98. The minimum Gasteiger partial charge on any atom is -0.495 e. The van der Waals surface area contributed by atoms with Crippen molar-refractivity contribution >= 4 is 12.2 Å². The van der Waals surface area contributed by atoms with Gasteiger partial charge in [0.25, 0.3) is 5.56 Å². The number of fused-ring (bicyclic) bond motifs is 1. The van der Waals surface area contributed by atoms with Gasteiger partial charge < -0.3 is 15.2 Å². The predicted octanol–water partition coefficient (Wildman–Crippen LogP) is 1.82. The topological polar surface area (TPSA) is 83.9 Å². The van der Waals surface area contributed by atoms with Gasteiger partial charge in [-0.15, -0.1) is 0 Å². The Morgan fingerprint density at radius 1 is 1.22 bits per heavy atom. The standard InChI is InChI=1S/C20H19N3O3S/c1-26-15-9-5-4-8-14(15)23-19(25)16(18(24)22-20(23)27)17-13-7-3-2-6-12(13)10-11-21-17/h2-9,17,21,25H,10-11H2,1H3,(H,22,24,27)/p+1/t17-/m1/s1. The third kappa shape index (κ3) is 2.94. The van der Waals surface area contributed by atoms with Gasteiger partial charge in [0.15, 0.2) is 4.77 Å². The molecule has 6 nitrogen and oxygen atoms in total. The van der Waals surface area contributed by atoms with Crippen LogP contribution in [0.4, 0.5) is 0 Å². The minimum atomic E-state index is -0.374. The number of rotatable bonds is 3. The van der Waals surface area contributed by atoms with Gasteiger partial charge in [0.2, 0.25) is 5.88 Å². The van der Waals surface area contributed by atoms with Crippen LogP contribution in [0, 0.1) is 4.77 Å². The molecular weight excluding hydrogens is 362 g/mol. The molecule has 2 aromatic carbocycles. The number of nitrogens with zero attached hydrogens (tertiary/aromatic N) is 1. The Bertz CT molecular complexity index is 1120. The summed E-state index contributed by atoms with van der Waals surface area (Å²) in [7, 11) is 1.55. The van der Waals surface area contributed by atoms with Crippen molar-refractivity contribution < 1.29 is 15.2 Å². The fourth-order valence-electron chi connectivity index (χ4n) is 3.73. The Hall–Kier alpha value is -2.90. The summed E-state index contributed by atoms with van der Waals surface area (Å²) in [6.45, 7) is 0.838. The molecule has 0 bridgehead atoms. The molecule has 0 saturated carbocycles. The second-order valence-electron chi connectivity index (χ2n) is 6.45. The van der Waals surface area contributed by atoms with Gasteiger partial charge in [-0.2, -0.15) is 0 Å². The summed E-state index contributed by atoms with van der Waals surface area (Å²) in [5, 5.41) is 13.2. The number of nitrogens with one attached hydrogen (secondary N) is 1. The van der Waals surface area contributed by atoms with E-state index in [1.807, 2.05) is 30.3 Å². The van der Waals surface area contributed by atoms with Crippen LogP contribution in [0.1, 0.15) is 22.7 Å². The lowest BCUT2D eigenvalue weighted by molar-refractivity contribution is -0.690. The van der Waals surface area contributed by atoms with Crippen molar-refractivity contribution in [2.45, 2.75) is 12.5 Å². The second kappa shape index (κ2) is 7.02. The molecule has 138 valence electrons. The van der Waals surface area contributed by atoms with Crippen molar-refractivity contribution in [2.75, 3.05) is 13.7 Å². The molecule has 0 amide bonds. The first-order chi connectivity index (χ1) is 13.1. The fourth-order valence-corrected chi connectivity index (χ4v) is 4.01. The van der Waals surface area contributed by atoms with Gasteiger partial charge in [-0.25, -0.2) is 0 Å². The van der Waals surface area contributed by atoms with E-state index in [9.17, 15) is 9.90 Å². The number of ether oxygens (including phenoxy) is 1. The largest absolute Gasteiger partial charge is 0.495 e. The van der Waals surface area contributed by atoms with E-state index in [4.69, 9.17) is 17.0 Å². The molecule has 1 aromatic heterocycles. The zero-order valence-corrected chi connectivity index (χ0v) is 15.6. The number of methoxy groups -OCH3 is 1. The zero-order valence-electron chi connectivity index (χ0n) is 14.8. The molecule has 7 heteroatoms. The van der Waals surface area contributed by atoms with E-state index in [1.54, 1.807) is 19.2 Å². The molecule has 1 aliphatic heterocycles. The highest BCUT2D eigenvalue weighted by Gasteiger charge is 2.31. The normalized spacial score (nSPS) is 16.0. The first-order valence-electron chi connectivity index (χ1n) is 8.74. The molecule has 3 aromatic rings. The molecule has 0 radical (unpaired) electrons. The lowest BCUT2D eigenvalue weighted by Gasteiger charge is -2.25. The number of hydrogen-bond acceptors (Lipinski definition) is 4. The molecule has 4 rings (SSSR count). The van der Waals surface area contributed by atoms with E-state index in [0.717, 1.165) is 18.5 Å². The Kier molecular flexibility index (Phi) is 4.55. The number of para-hydroxylation sites is 2. The summed E-state index contributed by atoms with van der Waals surface area (Å²) in [6, 6.07) is 14.9. The number of aromatic nitrogens is 2. The quantitative estimate of drug-likeness (QED) is 0.604. The van der Waals surface area contributed by atoms with Crippen molar-refractivity contribution in [3.05, 3.63) is 80.3 Å². The number of aromatic amines is 1. The van der Waals surface area contributed by atoms with E-state index in [1.165, 1.54) is 10.1 Å². The van der Waals surface area contributed by atoms with Gasteiger partial charge in [0.1, 0.15) is 17.4 Å². The molecule has 2 heterocycles. The molecule has 0 saturated heterocycles. The van der Waals surface area contributed by atoms with Gasteiger partial charge in [0, 0.05) is 12.0 Å². The Morgan fingerprint density at radius 3 is 2.78 bits per heavy atom. The van der Waals surface area contributed by atoms with E-state index >= 15 is 0 Å². The number of hydrogen-bond donors (Lipinski definition) is 3. The number of H-pyrrole nitrogens is 1. The maximum absolute atomic E-state index is 12.8. The van der Waals surface area contributed by atoms with Crippen molar-refractivity contribution in [1.82, 2.24) is 9.55 Å². The van der Waals surface area contributed by atoms with Gasteiger partial charge in [-0.3, -0.25) is 14.3 Å². The van der Waals surface area contributed by atoms with Crippen LogP contribution >= 0.6 is 12.2 Å². The smallest absolute Gasteiger partial charge is 0.265 e. The molecule has 0 spiro atoms. The monoisotopic (exact) mass is 382 g/mol. The number of aromatic hydroxyl groups is 1. The highest BCUT2D eigenvalue weighted by molar-refractivity contribution is 7.71. The van der Waals surface area contributed by atoms with E-state index in [0.29, 0.717) is 17.0 Å². The Balaban J connectivity index is 1.97. The number of quaternary nitrogens is 1. The van der Waals surface area contributed by atoms with Gasteiger partial charge in [0.05, 0.1) is 19.3 Å². The van der Waals surface area contributed by atoms with Crippen LogP contribution < -0.4 is 15.6 Å². The SMILES string of the molecule is COc1ccccc1-n1c(O)c([C@@H]2[NH2+]CCc3ccccc32)c(=O)[nH]c1=S. The van der Waals surface area contributed by atoms with E-state index < -0.39 is 0 Å². The summed E-state index contributed by atoms with van der Waals surface area (Å²) >= 11 is 5.34. The average Bonchev–Trinajstić information content (AvgIpc) is 2.68. The first-order valence-corrected chi connectivity index (χ1v) is 9.15. The zero-order chi connectivity index (χ0) is 19.0. The predicted molar refractivity (Wildman–Crippen MR) is 104 cm³/mol. The highest BCUT2D eigenvalue weighted by Crippen LogP contribution is 2.32. The number of nitrogens with two attached hydrogens (primary N) is 1. The van der Waals surface area contributed by atoms with Crippen molar-refractivity contribution in [3.63, 3.8) is 0 Å². The summed E-state index contributed by atoms with van der Waals surface area (Å²) in [5.41, 5.74) is 2.72. The van der Waals surface area contributed by atoms with Gasteiger partial charge in [-0.05, 0) is 29.9 Å². The van der Waals surface area contributed by atoms with Gasteiger partial charge >= 0.3 is 0 Å². The number of benzene rings is 2. The first kappa shape index (κ1) is 17.5. The van der Waals surface area contributed by atoms with Crippen LogP contribution in [-0.2, 0) is 6.42 Å². The van der Waals surface area contributed by atoms with E-state index in [-0.39, 0.29) is 22.3 Å². The molecule has 1 atom stereocenters. The molecule has 1 aliphatic rings. The fraction of sp³-hybridized carbons (Fsp3) is 0.200. The minimum absolute atomic E-state index is 0.120. The lowest BCUT2D eigenvalue weighted by Crippen LogP contribution is -2.87. The summed E-state index contributed by atoms with van der Waals surface area (Å²) in [4.78, 5) is 15.5. The van der Waals surface area contributed by atoms with Crippen LogP contribution in [0.3, 0.4) is 0 Å². The van der Waals surface area contributed by atoms with Crippen LogP contribution in [0.25, 0.3) is 5.69 Å². The van der Waals surface area contributed by atoms with Gasteiger partial charge in [-0.1, -0.05) is 36.4 Å². The highest BCUT2D eigenvalue weighted by atomic mass is 32.1. The molecule has 0 unspecified atom stereocenters. The maximum Gasteiger partial charge on any atom is 0.265 e. The molecular formula is C20H20N3O3S+. The Labute approximate surface area is 161 Å². The second-order valence-corrected chi connectivity index (χ2v) is 6.84.